The van der Waals surface area contributed by atoms with Crippen molar-refractivity contribution >= 4 is 11.8 Å². The molecule has 0 aromatic rings. The molecule has 90 valence electrons. The average Bonchev–Trinajstić information content (AvgIpc) is 2.26. The third kappa shape index (κ3) is 6.37. The highest BCUT2D eigenvalue weighted by atomic mass is 32.2. The highest BCUT2D eigenvalue weighted by Crippen LogP contribution is 2.06. The number of β-amino-alcohol motifs (C(OH)–C–C–N with tert-alkyl or cyclic N) is 1. The zero-order valence-electron chi connectivity index (χ0n) is 9.32. The van der Waals surface area contributed by atoms with Gasteiger partial charge in [0.1, 0.15) is 0 Å². The quantitative estimate of drug-likeness (QED) is 0.509. The molecule has 15 heavy (non-hydrogen) atoms. The SMILES string of the molecule is NCCCSCC(O)CN1CCNCC1. The Kier molecular flexibility index (Phi) is 7.38. The van der Waals surface area contributed by atoms with Gasteiger partial charge in [0, 0.05) is 38.5 Å². The molecule has 0 aromatic heterocycles. The molecule has 0 aliphatic carbocycles. The standard InChI is InChI=1S/C10H23N3OS/c11-2-1-7-15-9-10(14)8-13-5-3-12-4-6-13/h10,12,14H,1-9,11H2. The fourth-order valence-corrected chi connectivity index (χ4v) is 2.56. The van der Waals surface area contributed by atoms with Gasteiger partial charge in [0.05, 0.1) is 6.10 Å². The van der Waals surface area contributed by atoms with Gasteiger partial charge in [0.25, 0.3) is 0 Å². The van der Waals surface area contributed by atoms with Crippen LogP contribution in [0.1, 0.15) is 6.42 Å². The lowest BCUT2D eigenvalue weighted by Crippen LogP contribution is -2.46. The summed E-state index contributed by atoms with van der Waals surface area (Å²) in [5.41, 5.74) is 5.40. The lowest BCUT2D eigenvalue weighted by molar-refractivity contribution is 0.121. The van der Waals surface area contributed by atoms with E-state index in [1.807, 2.05) is 0 Å². The van der Waals surface area contributed by atoms with Crippen molar-refractivity contribution in [3.63, 3.8) is 0 Å². The first-order valence-corrected chi connectivity index (χ1v) is 6.87. The minimum atomic E-state index is -0.189. The fraction of sp³-hybridized carbons (Fsp3) is 1.00. The van der Waals surface area contributed by atoms with E-state index in [0.29, 0.717) is 0 Å². The number of hydrogen-bond donors (Lipinski definition) is 3. The molecule has 1 heterocycles. The van der Waals surface area contributed by atoms with Gasteiger partial charge in [-0.25, -0.2) is 0 Å². The maximum absolute atomic E-state index is 9.79. The summed E-state index contributed by atoms with van der Waals surface area (Å²) < 4.78 is 0. The molecule has 1 saturated heterocycles. The van der Waals surface area contributed by atoms with Crippen LogP contribution in [0, 0.1) is 0 Å². The number of hydrogen-bond acceptors (Lipinski definition) is 5. The van der Waals surface area contributed by atoms with E-state index in [1.165, 1.54) is 0 Å². The number of nitrogens with one attached hydrogen (secondary N) is 1. The largest absolute Gasteiger partial charge is 0.391 e. The van der Waals surface area contributed by atoms with Crippen molar-refractivity contribution in [2.24, 2.45) is 5.73 Å². The number of rotatable bonds is 7. The van der Waals surface area contributed by atoms with E-state index in [2.05, 4.69) is 10.2 Å². The molecule has 5 heteroatoms. The highest BCUT2D eigenvalue weighted by Gasteiger charge is 2.13. The third-order valence-corrected chi connectivity index (χ3v) is 3.68. The molecule has 4 nitrogen and oxygen atoms in total. The summed E-state index contributed by atoms with van der Waals surface area (Å²) in [6.07, 6.45) is 0.858. The molecule has 0 amide bonds. The topological polar surface area (TPSA) is 61.5 Å². The molecule has 0 radical (unpaired) electrons. The molecule has 0 spiro atoms. The molecule has 1 fully saturated rings. The van der Waals surface area contributed by atoms with Gasteiger partial charge in [-0.1, -0.05) is 0 Å². The summed E-state index contributed by atoms with van der Waals surface area (Å²) in [5, 5.41) is 13.1. The number of aliphatic hydroxyl groups is 1. The van der Waals surface area contributed by atoms with Crippen molar-refractivity contribution in [3.8, 4) is 0 Å². The second-order valence-electron chi connectivity index (χ2n) is 3.92. The first kappa shape index (κ1) is 13.3. The average molecular weight is 233 g/mol. The minimum Gasteiger partial charge on any atom is -0.391 e. The van der Waals surface area contributed by atoms with Crippen LogP contribution in [0.25, 0.3) is 0 Å². The number of nitrogens with two attached hydrogens (primary N) is 1. The van der Waals surface area contributed by atoms with Crippen LogP contribution in [0.2, 0.25) is 0 Å². The Morgan fingerprint density at radius 2 is 2.13 bits per heavy atom. The van der Waals surface area contributed by atoms with Crippen molar-refractivity contribution in [2.75, 3.05) is 50.8 Å². The van der Waals surface area contributed by atoms with Gasteiger partial charge in [-0.3, -0.25) is 4.90 Å². The molecule has 1 rings (SSSR count). The van der Waals surface area contributed by atoms with E-state index in [-0.39, 0.29) is 6.10 Å². The summed E-state index contributed by atoms with van der Waals surface area (Å²) >= 11 is 1.80. The molecule has 1 atom stereocenters. The van der Waals surface area contributed by atoms with E-state index in [1.54, 1.807) is 11.8 Å². The second kappa shape index (κ2) is 8.35. The Morgan fingerprint density at radius 3 is 2.80 bits per heavy atom. The highest BCUT2D eigenvalue weighted by molar-refractivity contribution is 7.99. The molecule has 4 N–H and O–H groups in total. The minimum absolute atomic E-state index is 0.189. The third-order valence-electron chi connectivity index (χ3n) is 2.48. The summed E-state index contributed by atoms with van der Waals surface area (Å²) in [5.74, 6) is 1.90. The summed E-state index contributed by atoms with van der Waals surface area (Å²) in [7, 11) is 0. The molecule has 0 aromatic carbocycles. The van der Waals surface area contributed by atoms with Gasteiger partial charge in [-0.05, 0) is 18.7 Å². The van der Waals surface area contributed by atoms with E-state index in [4.69, 9.17) is 5.73 Å². The maximum Gasteiger partial charge on any atom is 0.0757 e. The summed E-state index contributed by atoms with van der Waals surface area (Å²) in [6.45, 7) is 5.79. The Morgan fingerprint density at radius 1 is 1.40 bits per heavy atom. The van der Waals surface area contributed by atoms with Crippen LogP contribution in [0.3, 0.4) is 0 Å². The van der Waals surface area contributed by atoms with E-state index >= 15 is 0 Å². The van der Waals surface area contributed by atoms with Crippen molar-refractivity contribution in [1.29, 1.82) is 0 Å². The van der Waals surface area contributed by atoms with Crippen LogP contribution in [-0.4, -0.2) is 66.9 Å². The van der Waals surface area contributed by atoms with Crippen LogP contribution < -0.4 is 11.1 Å². The van der Waals surface area contributed by atoms with Gasteiger partial charge in [-0.15, -0.1) is 0 Å². The first-order chi connectivity index (χ1) is 7.33. The van der Waals surface area contributed by atoms with Gasteiger partial charge in [0.15, 0.2) is 0 Å². The second-order valence-corrected chi connectivity index (χ2v) is 5.07. The predicted molar refractivity (Wildman–Crippen MR) is 66.3 cm³/mol. The summed E-state index contributed by atoms with van der Waals surface area (Å²) in [6, 6.07) is 0. The zero-order chi connectivity index (χ0) is 10.9. The first-order valence-electron chi connectivity index (χ1n) is 5.72. The van der Waals surface area contributed by atoms with E-state index in [0.717, 1.165) is 57.2 Å². The number of piperazine rings is 1. The molecule has 0 saturated carbocycles. The van der Waals surface area contributed by atoms with Crippen molar-refractivity contribution in [2.45, 2.75) is 12.5 Å². The molecular formula is C10H23N3OS. The van der Waals surface area contributed by atoms with Crippen molar-refractivity contribution in [1.82, 2.24) is 10.2 Å². The Labute approximate surface area is 96.6 Å². The Bertz CT molecular complexity index is 154. The zero-order valence-corrected chi connectivity index (χ0v) is 10.1. The van der Waals surface area contributed by atoms with Crippen LogP contribution >= 0.6 is 11.8 Å². The van der Waals surface area contributed by atoms with Crippen LogP contribution in [0.5, 0.6) is 0 Å². The molecule has 0 bridgehead atoms. The lowest BCUT2D eigenvalue weighted by Gasteiger charge is -2.28. The normalized spacial score (nSPS) is 20.4. The lowest BCUT2D eigenvalue weighted by atomic mass is 10.3. The molecular weight excluding hydrogens is 210 g/mol. The van der Waals surface area contributed by atoms with E-state index in [9.17, 15) is 5.11 Å². The maximum atomic E-state index is 9.79. The Hall–Kier alpha value is 0.190. The van der Waals surface area contributed by atoms with E-state index < -0.39 is 0 Å². The van der Waals surface area contributed by atoms with Crippen LogP contribution in [-0.2, 0) is 0 Å². The van der Waals surface area contributed by atoms with Crippen molar-refractivity contribution < 1.29 is 5.11 Å². The fourth-order valence-electron chi connectivity index (χ4n) is 1.65. The molecule has 1 unspecified atom stereocenters. The Balaban J connectivity index is 1.98. The van der Waals surface area contributed by atoms with Crippen LogP contribution in [0.15, 0.2) is 0 Å². The van der Waals surface area contributed by atoms with Gasteiger partial charge in [0.2, 0.25) is 0 Å². The van der Waals surface area contributed by atoms with Crippen molar-refractivity contribution in [3.05, 3.63) is 0 Å². The molecule has 1 aliphatic rings. The van der Waals surface area contributed by atoms with Crippen LogP contribution in [0.4, 0.5) is 0 Å². The number of aliphatic hydroxyl groups excluding tert-OH is 1. The predicted octanol–water partition coefficient (Wildman–Crippen LogP) is -0.665. The smallest absolute Gasteiger partial charge is 0.0757 e. The number of thioether (sulfide) groups is 1. The van der Waals surface area contributed by atoms with Gasteiger partial charge >= 0.3 is 0 Å². The number of nitrogens with zero attached hydrogens (tertiary/aromatic N) is 1. The van der Waals surface area contributed by atoms with Gasteiger partial charge < -0.3 is 16.2 Å². The monoisotopic (exact) mass is 233 g/mol. The van der Waals surface area contributed by atoms with Gasteiger partial charge in [-0.2, -0.15) is 11.8 Å². The molecule has 1 aliphatic heterocycles. The summed E-state index contributed by atoms with van der Waals surface area (Å²) in [4.78, 5) is 2.32.